The maximum Gasteiger partial charge on any atom is 0.00682 e. The monoisotopic (exact) mass is 217 g/mol. The lowest BCUT2D eigenvalue weighted by Gasteiger charge is -2.07. The Hall–Kier alpha value is -0.820. The Morgan fingerprint density at radius 1 is 1.19 bits per heavy atom. The van der Waals surface area contributed by atoms with E-state index in [1.165, 1.54) is 55.3 Å². The molecule has 0 spiro atoms. The molecule has 0 atom stereocenters. The maximum atomic E-state index is 3.57. The minimum absolute atomic E-state index is 0.862. The number of benzene rings is 1. The van der Waals surface area contributed by atoms with Gasteiger partial charge in [-0.1, -0.05) is 23.8 Å². The Bertz CT molecular complexity index is 339. The highest BCUT2D eigenvalue weighted by atomic mass is 14.9. The van der Waals surface area contributed by atoms with Crippen molar-refractivity contribution in [3.05, 3.63) is 34.9 Å². The zero-order chi connectivity index (χ0) is 11.4. The van der Waals surface area contributed by atoms with Crippen LogP contribution in [0.4, 0.5) is 0 Å². The number of aryl methyl sites for hydroxylation is 3. The van der Waals surface area contributed by atoms with Gasteiger partial charge < -0.3 is 5.32 Å². The number of unbranched alkanes of at least 4 members (excludes halogenated alkanes) is 1. The molecular formula is C15H23N. The van der Waals surface area contributed by atoms with E-state index in [0.29, 0.717) is 0 Å². The molecule has 1 N–H and O–H groups in total. The second-order valence-electron chi connectivity index (χ2n) is 5.12. The Morgan fingerprint density at radius 3 is 2.69 bits per heavy atom. The quantitative estimate of drug-likeness (QED) is 0.720. The van der Waals surface area contributed by atoms with Gasteiger partial charge in [0.1, 0.15) is 0 Å². The highest BCUT2D eigenvalue weighted by Crippen LogP contribution is 2.18. The smallest absolute Gasteiger partial charge is 0.00682 e. The molecule has 1 nitrogen and oxygen atoms in total. The number of nitrogens with one attached hydrogen (secondary N) is 1. The Labute approximate surface area is 99.3 Å². The Balaban J connectivity index is 1.67. The first kappa shape index (κ1) is 11.7. The molecule has 1 aliphatic rings. The van der Waals surface area contributed by atoms with Gasteiger partial charge in [-0.15, -0.1) is 0 Å². The van der Waals surface area contributed by atoms with Crippen molar-refractivity contribution in [2.45, 2.75) is 52.0 Å². The normalized spacial score (nSPS) is 15.4. The first-order valence-corrected chi connectivity index (χ1v) is 6.55. The molecule has 0 aromatic heterocycles. The predicted octanol–water partition coefficient (Wildman–Crippen LogP) is 3.38. The summed E-state index contributed by atoms with van der Waals surface area (Å²) < 4.78 is 0. The Kier molecular flexibility index (Phi) is 4.00. The molecule has 0 heterocycles. The molecule has 1 aromatic carbocycles. The largest absolute Gasteiger partial charge is 0.314 e. The third-order valence-electron chi connectivity index (χ3n) is 3.38. The molecular weight excluding hydrogens is 194 g/mol. The van der Waals surface area contributed by atoms with Crippen LogP contribution >= 0.6 is 0 Å². The molecule has 1 fully saturated rings. The fraction of sp³-hybridized carbons (Fsp3) is 0.600. The van der Waals surface area contributed by atoms with Crippen molar-refractivity contribution in [2.24, 2.45) is 0 Å². The van der Waals surface area contributed by atoms with Crippen LogP contribution in [0.1, 0.15) is 42.4 Å². The predicted molar refractivity (Wildman–Crippen MR) is 69.9 cm³/mol. The van der Waals surface area contributed by atoms with Crippen LogP contribution in [-0.2, 0) is 6.42 Å². The molecule has 0 radical (unpaired) electrons. The number of hydrogen-bond donors (Lipinski definition) is 1. The first-order valence-electron chi connectivity index (χ1n) is 6.55. The van der Waals surface area contributed by atoms with Crippen molar-refractivity contribution in [3.8, 4) is 0 Å². The van der Waals surface area contributed by atoms with E-state index in [9.17, 15) is 0 Å². The molecule has 1 saturated carbocycles. The lowest BCUT2D eigenvalue weighted by atomic mass is 10.0. The van der Waals surface area contributed by atoms with Gasteiger partial charge >= 0.3 is 0 Å². The van der Waals surface area contributed by atoms with Crippen LogP contribution in [0, 0.1) is 13.8 Å². The molecule has 1 aromatic rings. The van der Waals surface area contributed by atoms with E-state index in [2.05, 4.69) is 37.4 Å². The Morgan fingerprint density at radius 2 is 2.00 bits per heavy atom. The summed E-state index contributed by atoms with van der Waals surface area (Å²) in [5.41, 5.74) is 4.35. The van der Waals surface area contributed by atoms with Gasteiger partial charge in [0, 0.05) is 6.04 Å². The van der Waals surface area contributed by atoms with E-state index in [-0.39, 0.29) is 0 Å². The summed E-state index contributed by atoms with van der Waals surface area (Å²) in [6.45, 7) is 5.59. The topological polar surface area (TPSA) is 12.0 Å². The van der Waals surface area contributed by atoms with Gasteiger partial charge in [0.25, 0.3) is 0 Å². The summed E-state index contributed by atoms with van der Waals surface area (Å²) in [6, 6.07) is 7.67. The fourth-order valence-electron chi connectivity index (χ4n) is 2.16. The second-order valence-corrected chi connectivity index (χ2v) is 5.12. The maximum absolute atomic E-state index is 3.57. The zero-order valence-electron chi connectivity index (χ0n) is 10.6. The summed E-state index contributed by atoms with van der Waals surface area (Å²) >= 11 is 0. The standard InChI is InChI=1S/C15H23N/c1-12-6-7-14(13(2)11-12)5-3-4-10-16-15-8-9-15/h6-7,11,15-16H,3-5,8-10H2,1-2H3. The minimum Gasteiger partial charge on any atom is -0.314 e. The zero-order valence-corrected chi connectivity index (χ0v) is 10.6. The van der Waals surface area contributed by atoms with Crippen LogP contribution in [0.5, 0.6) is 0 Å². The van der Waals surface area contributed by atoms with E-state index in [1.54, 1.807) is 0 Å². The molecule has 2 rings (SSSR count). The molecule has 88 valence electrons. The lowest BCUT2D eigenvalue weighted by Crippen LogP contribution is -2.17. The number of rotatable bonds is 6. The summed E-state index contributed by atoms with van der Waals surface area (Å²) in [5.74, 6) is 0. The highest BCUT2D eigenvalue weighted by molar-refractivity contribution is 5.30. The van der Waals surface area contributed by atoms with Gasteiger partial charge in [-0.2, -0.15) is 0 Å². The summed E-state index contributed by atoms with van der Waals surface area (Å²) in [5, 5.41) is 3.57. The van der Waals surface area contributed by atoms with Crippen LogP contribution < -0.4 is 5.32 Å². The average molecular weight is 217 g/mol. The molecule has 16 heavy (non-hydrogen) atoms. The van der Waals surface area contributed by atoms with Crippen LogP contribution in [0.15, 0.2) is 18.2 Å². The van der Waals surface area contributed by atoms with Crippen molar-refractivity contribution in [2.75, 3.05) is 6.54 Å². The summed E-state index contributed by atoms with van der Waals surface area (Å²) in [4.78, 5) is 0. The molecule has 0 bridgehead atoms. The number of hydrogen-bond acceptors (Lipinski definition) is 1. The molecule has 0 unspecified atom stereocenters. The van der Waals surface area contributed by atoms with Crippen LogP contribution in [-0.4, -0.2) is 12.6 Å². The van der Waals surface area contributed by atoms with Gasteiger partial charge in [0.15, 0.2) is 0 Å². The van der Waals surface area contributed by atoms with E-state index < -0.39 is 0 Å². The SMILES string of the molecule is Cc1ccc(CCCCNC2CC2)c(C)c1. The minimum atomic E-state index is 0.862. The molecule has 0 aliphatic heterocycles. The van der Waals surface area contributed by atoms with E-state index >= 15 is 0 Å². The highest BCUT2D eigenvalue weighted by Gasteiger charge is 2.19. The van der Waals surface area contributed by atoms with E-state index in [1.807, 2.05) is 0 Å². The van der Waals surface area contributed by atoms with Crippen molar-refractivity contribution in [1.82, 2.24) is 5.32 Å². The van der Waals surface area contributed by atoms with Gasteiger partial charge in [-0.25, -0.2) is 0 Å². The lowest BCUT2D eigenvalue weighted by molar-refractivity contribution is 0.619. The van der Waals surface area contributed by atoms with Crippen LogP contribution in [0.2, 0.25) is 0 Å². The second kappa shape index (κ2) is 5.49. The van der Waals surface area contributed by atoms with Crippen LogP contribution in [0.25, 0.3) is 0 Å². The fourth-order valence-corrected chi connectivity index (χ4v) is 2.16. The average Bonchev–Trinajstić information content (AvgIpc) is 3.04. The van der Waals surface area contributed by atoms with Gasteiger partial charge in [-0.3, -0.25) is 0 Å². The molecule has 0 amide bonds. The van der Waals surface area contributed by atoms with Gasteiger partial charge in [0.05, 0.1) is 0 Å². The van der Waals surface area contributed by atoms with Gasteiger partial charge in [0.2, 0.25) is 0 Å². The molecule has 0 saturated heterocycles. The first-order chi connectivity index (χ1) is 7.75. The third-order valence-corrected chi connectivity index (χ3v) is 3.38. The van der Waals surface area contributed by atoms with Crippen molar-refractivity contribution in [1.29, 1.82) is 0 Å². The van der Waals surface area contributed by atoms with Crippen molar-refractivity contribution >= 4 is 0 Å². The van der Waals surface area contributed by atoms with Crippen molar-refractivity contribution in [3.63, 3.8) is 0 Å². The summed E-state index contributed by atoms with van der Waals surface area (Å²) in [7, 11) is 0. The van der Waals surface area contributed by atoms with E-state index in [4.69, 9.17) is 0 Å². The third kappa shape index (κ3) is 3.64. The molecule has 1 heteroatoms. The van der Waals surface area contributed by atoms with Crippen molar-refractivity contribution < 1.29 is 0 Å². The summed E-state index contributed by atoms with van der Waals surface area (Å²) in [6.07, 6.45) is 6.65. The van der Waals surface area contributed by atoms with Crippen LogP contribution in [0.3, 0.4) is 0 Å². The molecule has 1 aliphatic carbocycles. The van der Waals surface area contributed by atoms with Gasteiger partial charge in [-0.05, 0) is 63.6 Å². The van der Waals surface area contributed by atoms with E-state index in [0.717, 1.165) is 6.04 Å².